The fourth-order valence-corrected chi connectivity index (χ4v) is 6.03. The Hall–Kier alpha value is -0.270. The lowest BCUT2D eigenvalue weighted by Gasteiger charge is -2.35. The molecule has 4 nitrogen and oxygen atoms in total. The van der Waals surface area contributed by atoms with Crippen molar-refractivity contribution in [2.45, 2.75) is 37.1 Å². The Bertz CT molecular complexity index is 667. The molecule has 0 aromatic heterocycles. The minimum atomic E-state index is -3.48. The van der Waals surface area contributed by atoms with Gasteiger partial charge in [-0.3, -0.25) is 4.90 Å². The van der Waals surface area contributed by atoms with E-state index in [4.69, 9.17) is 11.6 Å². The molecule has 2 saturated heterocycles. The summed E-state index contributed by atoms with van der Waals surface area (Å²) in [6.07, 6.45) is 3.44. The molecule has 1 unspecified atom stereocenters. The van der Waals surface area contributed by atoms with Crippen LogP contribution in [-0.2, 0) is 10.0 Å². The molecular formula is C17H25ClN2O2S2. The maximum Gasteiger partial charge on any atom is 0.240 e. The van der Waals surface area contributed by atoms with E-state index in [1.54, 1.807) is 12.1 Å². The van der Waals surface area contributed by atoms with Crippen LogP contribution in [0.1, 0.15) is 24.8 Å². The maximum atomic E-state index is 12.4. The molecule has 134 valence electrons. The van der Waals surface area contributed by atoms with Crippen LogP contribution in [0, 0.1) is 12.8 Å². The summed E-state index contributed by atoms with van der Waals surface area (Å²) in [5.74, 6) is 2.96. The molecule has 1 aromatic rings. The third kappa shape index (κ3) is 4.47. The highest BCUT2D eigenvalue weighted by molar-refractivity contribution is 7.99. The molecule has 0 spiro atoms. The Morgan fingerprint density at radius 1 is 1.29 bits per heavy atom. The fraction of sp³-hybridized carbons (Fsp3) is 0.647. The largest absolute Gasteiger partial charge is 0.300 e. The van der Waals surface area contributed by atoms with Crippen molar-refractivity contribution in [3.8, 4) is 0 Å². The average molecular weight is 389 g/mol. The van der Waals surface area contributed by atoms with Gasteiger partial charge in [-0.2, -0.15) is 11.8 Å². The van der Waals surface area contributed by atoms with Crippen molar-refractivity contribution in [1.29, 1.82) is 0 Å². The van der Waals surface area contributed by atoms with E-state index in [-0.39, 0.29) is 4.90 Å². The third-order valence-corrected chi connectivity index (χ3v) is 8.06. The first-order chi connectivity index (χ1) is 11.5. The number of rotatable bonds is 5. The number of thioether (sulfide) groups is 1. The first kappa shape index (κ1) is 18.5. The van der Waals surface area contributed by atoms with Crippen molar-refractivity contribution in [3.63, 3.8) is 0 Å². The average Bonchev–Trinajstić information content (AvgIpc) is 3.10. The van der Waals surface area contributed by atoms with Gasteiger partial charge in [0.25, 0.3) is 0 Å². The SMILES string of the molecule is Cc1ccc(S(=O)(=O)NCC2CCN(C3CCSC3)CC2)cc1Cl. The molecule has 1 atom stereocenters. The van der Waals surface area contributed by atoms with Gasteiger partial charge in [0.05, 0.1) is 4.90 Å². The van der Waals surface area contributed by atoms with Gasteiger partial charge in [-0.25, -0.2) is 13.1 Å². The van der Waals surface area contributed by atoms with Gasteiger partial charge in [-0.15, -0.1) is 0 Å². The maximum absolute atomic E-state index is 12.4. The van der Waals surface area contributed by atoms with Crippen LogP contribution in [0.4, 0.5) is 0 Å². The van der Waals surface area contributed by atoms with Gasteiger partial charge in [0.2, 0.25) is 10.0 Å². The Labute approximate surface area is 154 Å². The van der Waals surface area contributed by atoms with Crippen LogP contribution in [-0.4, -0.2) is 50.5 Å². The molecule has 2 aliphatic rings. The molecule has 0 saturated carbocycles. The highest BCUT2D eigenvalue weighted by Gasteiger charge is 2.28. The lowest BCUT2D eigenvalue weighted by Crippen LogP contribution is -2.43. The normalized spacial score (nSPS) is 23.7. The van der Waals surface area contributed by atoms with E-state index in [2.05, 4.69) is 9.62 Å². The van der Waals surface area contributed by atoms with E-state index in [0.29, 0.717) is 17.5 Å². The van der Waals surface area contributed by atoms with E-state index < -0.39 is 10.0 Å². The number of aryl methyl sites for hydroxylation is 1. The number of halogens is 1. The number of hydrogen-bond donors (Lipinski definition) is 1. The van der Waals surface area contributed by atoms with Crippen molar-refractivity contribution < 1.29 is 8.42 Å². The van der Waals surface area contributed by atoms with Crippen molar-refractivity contribution in [3.05, 3.63) is 28.8 Å². The molecule has 2 fully saturated rings. The van der Waals surface area contributed by atoms with E-state index >= 15 is 0 Å². The molecular weight excluding hydrogens is 364 g/mol. The Morgan fingerprint density at radius 3 is 2.67 bits per heavy atom. The molecule has 0 radical (unpaired) electrons. The van der Waals surface area contributed by atoms with Gasteiger partial charge >= 0.3 is 0 Å². The third-order valence-electron chi connectivity index (χ3n) is 5.09. The number of hydrogen-bond acceptors (Lipinski definition) is 4. The summed E-state index contributed by atoms with van der Waals surface area (Å²) in [4.78, 5) is 2.84. The molecule has 0 bridgehead atoms. The summed E-state index contributed by atoms with van der Waals surface area (Å²) in [7, 11) is -3.48. The molecule has 2 aliphatic heterocycles. The van der Waals surface area contributed by atoms with Crippen LogP contribution in [0.3, 0.4) is 0 Å². The molecule has 0 aliphatic carbocycles. The van der Waals surface area contributed by atoms with Crippen molar-refractivity contribution >= 4 is 33.4 Å². The minimum absolute atomic E-state index is 0.249. The van der Waals surface area contributed by atoms with Crippen LogP contribution >= 0.6 is 23.4 Å². The van der Waals surface area contributed by atoms with E-state index in [9.17, 15) is 8.42 Å². The van der Waals surface area contributed by atoms with Crippen molar-refractivity contribution in [1.82, 2.24) is 9.62 Å². The number of sulfonamides is 1. The summed E-state index contributed by atoms with van der Waals surface area (Å²) < 4.78 is 27.6. The molecule has 0 amide bonds. The summed E-state index contributed by atoms with van der Waals surface area (Å²) in [6.45, 7) is 4.56. The van der Waals surface area contributed by atoms with E-state index in [0.717, 1.165) is 37.5 Å². The summed E-state index contributed by atoms with van der Waals surface area (Å²) in [6, 6.07) is 5.63. The number of likely N-dealkylation sites (tertiary alicyclic amines) is 1. The van der Waals surface area contributed by atoms with Gasteiger partial charge in [0.15, 0.2) is 0 Å². The number of nitrogens with one attached hydrogen (secondary N) is 1. The summed E-state index contributed by atoms with van der Waals surface area (Å²) in [5, 5.41) is 0.487. The number of nitrogens with zero attached hydrogens (tertiary/aromatic N) is 1. The monoisotopic (exact) mass is 388 g/mol. The molecule has 1 N–H and O–H groups in total. The Morgan fingerprint density at radius 2 is 2.04 bits per heavy atom. The minimum Gasteiger partial charge on any atom is -0.300 e. The highest BCUT2D eigenvalue weighted by Crippen LogP contribution is 2.27. The first-order valence-electron chi connectivity index (χ1n) is 8.53. The zero-order valence-corrected chi connectivity index (χ0v) is 16.4. The lowest BCUT2D eigenvalue weighted by atomic mass is 9.96. The van der Waals surface area contributed by atoms with Crippen LogP contribution in [0.2, 0.25) is 5.02 Å². The fourth-order valence-electron chi connectivity index (χ4n) is 3.38. The second-order valence-electron chi connectivity index (χ2n) is 6.76. The second-order valence-corrected chi connectivity index (χ2v) is 10.1. The van der Waals surface area contributed by atoms with Crippen molar-refractivity contribution in [2.75, 3.05) is 31.1 Å². The van der Waals surface area contributed by atoms with Gasteiger partial charge in [-0.05, 0) is 68.6 Å². The van der Waals surface area contributed by atoms with Crippen LogP contribution < -0.4 is 4.72 Å². The van der Waals surface area contributed by atoms with E-state index in [1.165, 1.54) is 24.0 Å². The standard InChI is InChI=1S/C17H25ClN2O2S2/c1-13-2-3-16(10-17(13)18)24(21,22)19-11-14-4-7-20(8-5-14)15-6-9-23-12-15/h2-3,10,14-15,19H,4-9,11-12H2,1H3. The zero-order valence-electron chi connectivity index (χ0n) is 14.0. The smallest absolute Gasteiger partial charge is 0.240 e. The lowest BCUT2D eigenvalue weighted by molar-refractivity contribution is 0.145. The molecule has 3 rings (SSSR count). The summed E-state index contributed by atoms with van der Waals surface area (Å²) in [5.41, 5.74) is 0.882. The first-order valence-corrected chi connectivity index (χ1v) is 11.5. The van der Waals surface area contributed by atoms with Gasteiger partial charge < -0.3 is 0 Å². The number of benzene rings is 1. The number of piperidine rings is 1. The predicted octanol–water partition coefficient (Wildman–Crippen LogP) is 3.14. The molecule has 1 aromatic carbocycles. The predicted molar refractivity (Wildman–Crippen MR) is 101 cm³/mol. The topological polar surface area (TPSA) is 49.4 Å². The molecule has 24 heavy (non-hydrogen) atoms. The van der Waals surface area contributed by atoms with Gasteiger partial charge in [-0.1, -0.05) is 17.7 Å². The molecule has 7 heteroatoms. The summed E-state index contributed by atoms with van der Waals surface area (Å²) >= 11 is 8.09. The zero-order chi connectivity index (χ0) is 17.2. The van der Waals surface area contributed by atoms with Crippen molar-refractivity contribution in [2.24, 2.45) is 5.92 Å². The van der Waals surface area contributed by atoms with Gasteiger partial charge in [0.1, 0.15) is 0 Å². The highest BCUT2D eigenvalue weighted by atomic mass is 35.5. The van der Waals surface area contributed by atoms with Crippen LogP contribution in [0.15, 0.2) is 23.1 Å². The quantitative estimate of drug-likeness (QED) is 0.841. The van der Waals surface area contributed by atoms with E-state index in [1.807, 2.05) is 18.7 Å². The van der Waals surface area contributed by atoms with Crippen LogP contribution in [0.5, 0.6) is 0 Å². The van der Waals surface area contributed by atoms with Crippen LogP contribution in [0.25, 0.3) is 0 Å². The Kier molecular flexibility index (Phi) is 6.14. The Balaban J connectivity index is 1.51. The second kappa shape index (κ2) is 7.96. The molecule has 2 heterocycles. The van der Waals surface area contributed by atoms with Gasteiger partial charge in [0, 0.05) is 23.4 Å².